The number of Topliss-reactive ketones (excluding diaryl/α,β-unsaturated/α-hetero) is 1. The number of benzene rings is 2. The molecule has 2 aromatic carbocycles. The van der Waals surface area contributed by atoms with Crippen molar-refractivity contribution in [3.05, 3.63) is 70.3 Å². The third kappa shape index (κ3) is 4.96. The van der Waals surface area contributed by atoms with Crippen LogP contribution in [0.25, 0.3) is 5.76 Å². The molecule has 33 heavy (non-hydrogen) atoms. The van der Waals surface area contributed by atoms with E-state index in [1.165, 1.54) is 43.3 Å². The number of nitrogens with one attached hydrogen (secondary N) is 1. The molecule has 2 aromatic rings. The number of aliphatic hydroxyl groups excluding tert-OH is 1. The molecule has 176 valence electrons. The van der Waals surface area contributed by atoms with Crippen LogP contribution in [-0.4, -0.2) is 75.7 Å². The van der Waals surface area contributed by atoms with Gasteiger partial charge in [-0.15, -0.1) is 0 Å². The Labute approximate surface area is 198 Å². The molecule has 0 bridgehead atoms. The first-order valence-corrected chi connectivity index (χ1v) is 12.1. The monoisotopic (exact) mass is 492 g/mol. The van der Waals surface area contributed by atoms with Crippen molar-refractivity contribution in [2.24, 2.45) is 0 Å². The van der Waals surface area contributed by atoms with Gasteiger partial charge < -0.3 is 14.9 Å². The summed E-state index contributed by atoms with van der Waals surface area (Å²) in [7, 11) is 3.08. The lowest BCUT2D eigenvalue weighted by molar-refractivity contribution is -0.857. The lowest BCUT2D eigenvalue weighted by Gasteiger charge is -2.25. The van der Waals surface area contributed by atoms with Crippen molar-refractivity contribution in [1.82, 2.24) is 9.21 Å². The Morgan fingerprint density at radius 2 is 1.64 bits per heavy atom. The normalized spacial score (nSPS) is 18.5. The molecule has 1 aliphatic heterocycles. The lowest BCUT2D eigenvalue weighted by Crippen LogP contribution is -3.06. The van der Waals surface area contributed by atoms with E-state index >= 15 is 0 Å². The SMILES string of the molecule is CN(C)S(=O)(=O)c1ccc(C(O)=C2C(=O)C(=O)N(CC[NH+](C)C)C2c2ccc(Cl)cc2)cc1. The average Bonchev–Trinajstić information content (AvgIpc) is 3.02. The predicted octanol–water partition coefficient (Wildman–Crippen LogP) is 1.16. The number of nitrogens with zero attached hydrogens (tertiary/aromatic N) is 2. The zero-order valence-electron chi connectivity index (χ0n) is 18.9. The van der Waals surface area contributed by atoms with E-state index in [1.54, 1.807) is 24.3 Å². The molecule has 3 rings (SSSR count). The van der Waals surface area contributed by atoms with Crippen LogP contribution in [-0.2, 0) is 19.6 Å². The Kier molecular flexibility index (Phi) is 7.28. The molecule has 0 radical (unpaired) electrons. The van der Waals surface area contributed by atoms with Crippen LogP contribution < -0.4 is 4.90 Å². The lowest BCUT2D eigenvalue weighted by atomic mass is 9.95. The fourth-order valence-electron chi connectivity index (χ4n) is 3.60. The minimum absolute atomic E-state index is 0.0423. The Balaban J connectivity index is 2.11. The number of carbonyl (C=O) groups excluding carboxylic acids is 2. The summed E-state index contributed by atoms with van der Waals surface area (Å²) in [6.07, 6.45) is 0. The van der Waals surface area contributed by atoms with Crippen molar-refractivity contribution in [3.63, 3.8) is 0 Å². The molecule has 2 N–H and O–H groups in total. The summed E-state index contributed by atoms with van der Waals surface area (Å²) in [5.74, 6) is -1.84. The van der Waals surface area contributed by atoms with E-state index in [2.05, 4.69) is 0 Å². The number of hydrogen-bond donors (Lipinski definition) is 2. The first-order valence-electron chi connectivity index (χ1n) is 10.3. The molecular weight excluding hydrogens is 466 g/mol. The highest BCUT2D eigenvalue weighted by molar-refractivity contribution is 7.89. The summed E-state index contributed by atoms with van der Waals surface area (Å²) in [5, 5.41) is 11.6. The molecule has 1 amide bonds. The van der Waals surface area contributed by atoms with E-state index in [1.807, 2.05) is 14.1 Å². The molecule has 0 spiro atoms. The third-order valence-corrected chi connectivity index (χ3v) is 7.57. The van der Waals surface area contributed by atoms with Crippen molar-refractivity contribution in [2.45, 2.75) is 10.9 Å². The maximum Gasteiger partial charge on any atom is 0.295 e. The number of likely N-dealkylation sites (tertiary alicyclic amines) is 1. The summed E-state index contributed by atoms with van der Waals surface area (Å²) in [5.41, 5.74) is 0.836. The van der Waals surface area contributed by atoms with Gasteiger partial charge in [0.05, 0.1) is 43.7 Å². The summed E-state index contributed by atoms with van der Waals surface area (Å²) in [6.45, 7) is 0.922. The summed E-state index contributed by atoms with van der Waals surface area (Å²) in [6, 6.07) is 11.5. The Morgan fingerprint density at radius 1 is 1.06 bits per heavy atom. The van der Waals surface area contributed by atoms with Crippen molar-refractivity contribution in [2.75, 3.05) is 41.3 Å². The molecule has 0 aromatic heterocycles. The Morgan fingerprint density at radius 3 is 2.15 bits per heavy atom. The van der Waals surface area contributed by atoms with Gasteiger partial charge in [0.1, 0.15) is 5.76 Å². The van der Waals surface area contributed by atoms with Gasteiger partial charge >= 0.3 is 0 Å². The van der Waals surface area contributed by atoms with Gasteiger partial charge in [0.25, 0.3) is 11.7 Å². The molecule has 1 fully saturated rings. The van der Waals surface area contributed by atoms with Gasteiger partial charge in [0.2, 0.25) is 10.0 Å². The topological polar surface area (TPSA) is 99.4 Å². The van der Waals surface area contributed by atoms with Crippen molar-refractivity contribution >= 4 is 39.1 Å². The second-order valence-electron chi connectivity index (χ2n) is 8.31. The minimum atomic E-state index is -3.65. The molecule has 1 heterocycles. The van der Waals surface area contributed by atoms with Crippen LogP contribution in [0.5, 0.6) is 0 Å². The van der Waals surface area contributed by atoms with E-state index in [0.29, 0.717) is 23.7 Å². The molecule has 1 unspecified atom stereocenters. The third-order valence-electron chi connectivity index (χ3n) is 5.48. The van der Waals surface area contributed by atoms with Gasteiger partial charge in [0, 0.05) is 24.7 Å². The smallest absolute Gasteiger partial charge is 0.295 e. The van der Waals surface area contributed by atoms with Gasteiger partial charge in [0.15, 0.2) is 0 Å². The van der Waals surface area contributed by atoms with Crippen LogP contribution in [0.2, 0.25) is 5.02 Å². The van der Waals surface area contributed by atoms with Gasteiger partial charge in [-0.25, -0.2) is 12.7 Å². The second-order valence-corrected chi connectivity index (χ2v) is 10.9. The van der Waals surface area contributed by atoms with Crippen LogP contribution in [0.3, 0.4) is 0 Å². The maximum absolute atomic E-state index is 13.0. The van der Waals surface area contributed by atoms with Gasteiger partial charge in [-0.05, 0) is 42.0 Å². The number of amides is 1. The first kappa shape index (κ1) is 24.9. The van der Waals surface area contributed by atoms with Gasteiger partial charge in [-0.1, -0.05) is 23.7 Å². The molecule has 1 saturated heterocycles. The molecular formula is C23H27ClN3O5S+. The van der Waals surface area contributed by atoms with Crippen LogP contribution in [0.1, 0.15) is 17.2 Å². The molecule has 0 aliphatic carbocycles. The molecule has 8 nitrogen and oxygen atoms in total. The number of carbonyl (C=O) groups is 2. The first-order chi connectivity index (χ1) is 15.4. The molecule has 0 saturated carbocycles. The number of ketones is 1. The zero-order valence-corrected chi connectivity index (χ0v) is 20.4. The summed E-state index contributed by atoms with van der Waals surface area (Å²) < 4.78 is 25.7. The number of rotatable bonds is 7. The van der Waals surface area contributed by atoms with Crippen LogP contribution >= 0.6 is 11.6 Å². The fraction of sp³-hybridized carbons (Fsp3) is 0.304. The number of aliphatic hydroxyl groups is 1. The summed E-state index contributed by atoms with van der Waals surface area (Å²) in [4.78, 5) is 28.5. The molecule has 10 heteroatoms. The van der Waals surface area contributed by atoms with Crippen molar-refractivity contribution in [1.29, 1.82) is 0 Å². The predicted molar refractivity (Wildman–Crippen MR) is 125 cm³/mol. The minimum Gasteiger partial charge on any atom is -0.507 e. The van der Waals surface area contributed by atoms with Gasteiger partial charge in [-0.3, -0.25) is 9.59 Å². The molecule has 1 atom stereocenters. The number of halogens is 1. The maximum atomic E-state index is 13.0. The van der Waals surface area contributed by atoms with Crippen LogP contribution in [0, 0.1) is 0 Å². The summed E-state index contributed by atoms with van der Waals surface area (Å²) >= 11 is 6.02. The van der Waals surface area contributed by atoms with E-state index in [-0.39, 0.29) is 21.8 Å². The number of likely N-dealkylation sites (N-methyl/N-ethyl adjacent to an activating group) is 1. The Bertz CT molecular complexity index is 1190. The van der Waals surface area contributed by atoms with E-state index in [0.717, 1.165) is 9.21 Å². The largest absolute Gasteiger partial charge is 0.507 e. The van der Waals surface area contributed by atoms with E-state index in [9.17, 15) is 23.1 Å². The quantitative estimate of drug-likeness (QED) is 0.343. The number of hydrogen-bond acceptors (Lipinski definition) is 5. The average molecular weight is 493 g/mol. The van der Waals surface area contributed by atoms with E-state index in [4.69, 9.17) is 11.6 Å². The number of quaternary nitrogens is 1. The zero-order chi connectivity index (χ0) is 24.5. The van der Waals surface area contributed by atoms with Gasteiger partial charge in [-0.2, -0.15) is 0 Å². The highest BCUT2D eigenvalue weighted by Crippen LogP contribution is 2.39. The Hall–Kier alpha value is -2.72. The van der Waals surface area contributed by atoms with Crippen molar-refractivity contribution < 1.29 is 28.0 Å². The van der Waals surface area contributed by atoms with Crippen LogP contribution in [0.15, 0.2) is 59.0 Å². The fourth-order valence-corrected chi connectivity index (χ4v) is 4.63. The van der Waals surface area contributed by atoms with Crippen molar-refractivity contribution in [3.8, 4) is 0 Å². The molecule has 1 aliphatic rings. The highest BCUT2D eigenvalue weighted by Gasteiger charge is 2.46. The standard InChI is InChI=1S/C23H26ClN3O5S/c1-25(2)13-14-27-20(15-5-9-17(24)10-6-15)19(22(29)23(27)30)21(28)16-7-11-18(12-8-16)33(31,32)26(3)4/h5-12,20,28H,13-14H2,1-4H3/p+1. The highest BCUT2D eigenvalue weighted by atomic mass is 35.5. The van der Waals surface area contributed by atoms with Crippen LogP contribution in [0.4, 0.5) is 0 Å². The number of sulfonamides is 1. The van der Waals surface area contributed by atoms with E-state index < -0.39 is 27.8 Å². The second kappa shape index (κ2) is 9.64.